The smallest absolute Gasteiger partial charge is 0.201 e. The minimum atomic E-state index is -1.23. The molecule has 0 saturated heterocycles. The highest BCUT2D eigenvalue weighted by atomic mass is 19.2. The molecular formula is C22H27F3O2. The Balaban J connectivity index is 1.78. The molecule has 5 heteroatoms. The molecule has 0 aliphatic heterocycles. The van der Waals surface area contributed by atoms with Crippen LogP contribution >= 0.6 is 0 Å². The maximum atomic E-state index is 14.5. The van der Waals surface area contributed by atoms with Crippen LogP contribution in [-0.4, -0.2) is 13.2 Å². The Morgan fingerprint density at radius 2 is 1.56 bits per heavy atom. The monoisotopic (exact) mass is 380 g/mol. The molecule has 0 heterocycles. The van der Waals surface area contributed by atoms with Crippen LogP contribution in [0.4, 0.5) is 13.2 Å². The normalized spacial score (nSPS) is 20.0. The Morgan fingerprint density at radius 3 is 2.22 bits per heavy atom. The lowest BCUT2D eigenvalue weighted by Crippen LogP contribution is -2.20. The fourth-order valence-electron chi connectivity index (χ4n) is 3.78. The van der Waals surface area contributed by atoms with Gasteiger partial charge in [-0.05, 0) is 48.6 Å². The van der Waals surface area contributed by atoms with E-state index in [9.17, 15) is 13.2 Å². The highest BCUT2D eigenvalue weighted by Gasteiger charge is 2.23. The van der Waals surface area contributed by atoms with Gasteiger partial charge in [0.1, 0.15) is 0 Å². The minimum Gasteiger partial charge on any atom is -0.491 e. The van der Waals surface area contributed by atoms with E-state index >= 15 is 0 Å². The molecule has 2 aromatic carbocycles. The number of hydrogen-bond donors (Lipinski definition) is 0. The highest BCUT2D eigenvalue weighted by Crippen LogP contribution is 2.35. The van der Waals surface area contributed by atoms with E-state index in [1.165, 1.54) is 24.6 Å². The Hall–Kier alpha value is -1.91. The summed E-state index contributed by atoms with van der Waals surface area (Å²) in [5, 5.41) is -0.128. The summed E-state index contributed by atoms with van der Waals surface area (Å²) >= 11 is 0. The number of fused-ring (bicyclic) bond motifs is 1. The van der Waals surface area contributed by atoms with Crippen molar-refractivity contribution in [2.45, 2.75) is 52.4 Å². The fraction of sp³-hybridized carbons (Fsp3) is 0.545. The van der Waals surface area contributed by atoms with Gasteiger partial charge in [0.25, 0.3) is 0 Å². The van der Waals surface area contributed by atoms with E-state index in [1.807, 2.05) is 6.92 Å². The first-order valence-corrected chi connectivity index (χ1v) is 9.90. The van der Waals surface area contributed by atoms with Crippen molar-refractivity contribution in [1.29, 1.82) is 0 Å². The first kappa shape index (κ1) is 19.8. The second-order valence-corrected chi connectivity index (χ2v) is 7.43. The average Bonchev–Trinajstić information content (AvgIpc) is 2.69. The van der Waals surface area contributed by atoms with E-state index in [-0.39, 0.29) is 16.9 Å². The van der Waals surface area contributed by atoms with Crippen LogP contribution < -0.4 is 9.47 Å². The van der Waals surface area contributed by atoms with E-state index in [4.69, 9.17) is 9.47 Å². The van der Waals surface area contributed by atoms with Gasteiger partial charge in [0, 0.05) is 0 Å². The molecule has 0 spiro atoms. The first-order chi connectivity index (χ1) is 13.0. The largest absolute Gasteiger partial charge is 0.491 e. The van der Waals surface area contributed by atoms with Crippen LogP contribution in [0, 0.1) is 29.3 Å². The average molecular weight is 380 g/mol. The molecule has 1 saturated carbocycles. The first-order valence-electron chi connectivity index (χ1n) is 9.90. The van der Waals surface area contributed by atoms with Gasteiger partial charge in [-0.3, -0.25) is 0 Å². The van der Waals surface area contributed by atoms with Crippen molar-refractivity contribution >= 4 is 10.8 Å². The summed E-state index contributed by atoms with van der Waals surface area (Å²) in [4.78, 5) is 0. The van der Waals surface area contributed by atoms with Crippen molar-refractivity contribution in [3.63, 3.8) is 0 Å². The van der Waals surface area contributed by atoms with Crippen LogP contribution in [0.1, 0.15) is 52.4 Å². The van der Waals surface area contributed by atoms with Gasteiger partial charge < -0.3 is 9.47 Å². The molecule has 0 aromatic heterocycles. The van der Waals surface area contributed by atoms with Crippen molar-refractivity contribution < 1.29 is 22.6 Å². The zero-order valence-corrected chi connectivity index (χ0v) is 16.0. The van der Waals surface area contributed by atoms with E-state index in [0.717, 1.165) is 31.6 Å². The van der Waals surface area contributed by atoms with Gasteiger partial charge in [-0.1, -0.05) is 39.2 Å². The third-order valence-electron chi connectivity index (χ3n) is 5.53. The number of hydrogen-bond acceptors (Lipinski definition) is 2. The van der Waals surface area contributed by atoms with Gasteiger partial charge in [0.15, 0.2) is 23.1 Å². The molecule has 1 fully saturated rings. The molecule has 0 radical (unpaired) electrons. The van der Waals surface area contributed by atoms with Crippen molar-refractivity contribution in [2.75, 3.05) is 13.2 Å². The summed E-state index contributed by atoms with van der Waals surface area (Å²) in [6, 6.07) is 4.35. The summed E-state index contributed by atoms with van der Waals surface area (Å²) < 4.78 is 54.4. The van der Waals surface area contributed by atoms with Crippen LogP contribution in [0.5, 0.6) is 11.5 Å². The third kappa shape index (κ3) is 4.33. The van der Waals surface area contributed by atoms with Crippen molar-refractivity contribution in [3.05, 3.63) is 35.7 Å². The van der Waals surface area contributed by atoms with Gasteiger partial charge in [-0.25, -0.2) is 8.78 Å². The van der Waals surface area contributed by atoms with E-state index in [1.54, 1.807) is 0 Å². The molecule has 1 aliphatic rings. The molecule has 0 unspecified atom stereocenters. The van der Waals surface area contributed by atoms with Crippen molar-refractivity contribution in [1.82, 2.24) is 0 Å². The second kappa shape index (κ2) is 8.85. The van der Waals surface area contributed by atoms with E-state index in [2.05, 4.69) is 6.92 Å². The SMILES string of the molecule is CCCOc1ccc2cc(OCC3CCC(CC)CC3)c(F)c(F)c2c1F. The fourth-order valence-corrected chi connectivity index (χ4v) is 3.78. The quantitative estimate of drug-likeness (QED) is 0.536. The summed E-state index contributed by atoms with van der Waals surface area (Å²) in [6.45, 7) is 4.76. The Morgan fingerprint density at radius 1 is 0.852 bits per heavy atom. The van der Waals surface area contributed by atoms with Crippen molar-refractivity contribution in [3.8, 4) is 11.5 Å². The Kier molecular flexibility index (Phi) is 6.51. The predicted octanol–water partition coefficient (Wildman–Crippen LogP) is 6.64. The van der Waals surface area contributed by atoms with Crippen molar-refractivity contribution in [2.24, 2.45) is 11.8 Å². The third-order valence-corrected chi connectivity index (χ3v) is 5.53. The number of halogens is 3. The molecule has 27 heavy (non-hydrogen) atoms. The lowest BCUT2D eigenvalue weighted by molar-refractivity contribution is 0.176. The van der Waals surface area contributed by atoms with E-state index < -0.39 is 22.8 Å². The predicted molar refractivity (Wildman–Crippen MR) is 101 cm³/mol. The van der Waals surface area contributed by atoms with Gasteiger partial charge in [-0.2, -0.15) is 4.39 Å². The Labute approximate surface area is 158 Å². The number of ether oxygens (including phenoxy) is 2. The second-order valence-electron chi connectivity index (χ2n) is 7.43. The van der Waals surface area contributed by atoms with Gasteiger partial charge in [0.2, 0.25) is 5.82 Å². The summed E-state index contributed by atoms with van der Waals surface area (Å²) in [7, 11) is 0. The highest BCUT2D eigenvalue weighted by molar-refractivity contribution is 5.86. The van der Waals surface area contributed by atoms with Crippen LogP contribution in [0.2, 0.25) is 0 Å². The lowest BCUT2D eigenvalue weighted by Gasteiger charge is -2.27. The topological polar surface area (TPSA) is 18.5 Å². The number of rotatable bonds is 7. The molecular weight excluding hydrogens is 353 g/mol. The molecule has 148 valence electrons. The zero-order valence-electron chi connectivity index (χ0n) is 16.0. The molecule has 0 atom stereocenters. The maximum Gasteiger partial charge on any atom is 0.201 e. The summed E-state index contributed by atoms with van der Waals surface area (Å²) in [5.74, 6) is -2.34. The van der Waals surface area contributed by atoms with E-state index in [0.29, 0.717) is 25.6 Å². The zero-order chi connectivity index (χ0) is 19.4. The molecule has 0 amide bonds. The van der Waals surface area contributed by atoms with Crippen LogP contribution in [0.3, 0.4) is 0 Å². The van der Waals surface area contributed by atoms with Gasteiger partial charge >= 0.3 is 0 Å². The molecule has 2 aromatic rings. The molecule has 1 aliphatic carbocycles. The molecule has 0 bridgehead atoms. The van der Waals surface area contributed by atoms with Gasteiger partial charge in [0.05, 0.1) is 18.6 Å². The lowest BCUT2D eigenvalue weighted by atomic mass is 9.81. The van der Waals surface area contributed by atoms with Crippen LogP contribution in [0.15, 0.2) is 18.2 Å². The number of benzene rings is 2. The summed E-state index contributed by atoms with van der Waals surface area (Å²) in [6.07, 6.45) is 6.29. The van der Waals surface area contributed by atoms with Crippen LogP contribution in [0.25, 0.3) is 10.8 Å². The maximum absolute atomic E-state index is 14.5. The van der Waals surface area contributed by atoms with Crippen LogP contribution in [-0.2, 0) is 0 Å². The summed E-state index contributed by atoms with van der Waals surface area (Å²) in [5.41, 5.74) is 0. The molecule has 0 N–H and O–H groups in total. The standard InChI is InChI=1S/C22H27F3O2/c1-3-11-26-17-10-9-16-12-18(21(24)22(25)19(16)20(17)23)27-13-15-7-5-14(4-2)6-8-15/h9-10,12,14-15H,3-8,11,13H2,1-2H3. The minimum absolute atomic E-state index is 0.0657. The Bertz CT molecular complexity index is 783. The molecule has 3 rings (SSSR count). The molecule has 2 nitrogen and oxygen atoms in total. The van der Waals surface area contributed by atoms with Gasteiger partial charge in [-0.15, -0.1) is 0 Å².